The van der Waals surface area contributed by atoms with E-state index >= 15 is 0 Å². The van der Waals surface area contributed by atoms with E-state index in [0.717, 1.165) is 42.1 Å². The zero-order valence-electron chi connectivity index (χ0n) is 17.4. The van der Waals surface area contributed by atoms with Crippen molar-refractivity contribution in [2.24, 2.45) is 0 Å². The number of anilines is 1. The van der Waals surface area contributed by atoms with Gasteiger partial charge in [0.25, 0.3) is 0 Å². The first-order valence-corrected chi connectivity index (χ1v) is 11.3. The monoisotopic (exact) mass is 436 g/mol. The lowest BCUT2D eigenvalue weighted by Gasteiger charge is -2.38. The Morgan fingerprint density at radius 3 is 2.52 bits per heavy atom. The third kappa shape index (κ3) is 3.84. The first-order chi connectivity index (χ1) is 15.2. The molecule has 5 rings (SSSR count). The molecule has 0 amide bonds. The van der Waals surface area contributed by atoms with Gasteiger partial charge in [0.2, 0.25) is 5.78 Å². The largest absolute Gasteiger partial charge is 0.496 e. The van der Waals surface area contributed by atoms with Crippen molar-refractivity contribution >= 4 is 22.1 Å². The Kier molecular flexibility index (Phi) is 5.48. The van der Waals surface area contributed by atoms with Crippen molar-refractivity contribution in [1.29, 1.82) is 0 Å². The quantitative estimate of drug-likeness (QED) is 0.553. The van der Waals surface area contributed by atoms with Crippen LogP contribution >= 0.6 is 11.3 Å². The molecule has 1 aromatic carbocycles. The van der Waals surface area contributed by atoms with Gasteiger partial charge in [-0.25, -0.2) is 0 Å². The average molecular weight is 437 g/mol. The van der Waals surface area contributed by atoms with E-state index in [1.54, 1.807) is 19.5 Å². The van der Waals surface area contributed by atoms with Gasteiger partial charge in [-0.2, -0.15) is 0 Å². The van der Waals surface area contributed by atoms with E-state index in [0.29, 0.717) is 29.4 Å². The average Bonchev–Trinajstić information content (AvgIpc) is 3.48. The summed E-state index contributed by atoms with van der Waals surface area (Å²) in [7, 11) is 1.59. The van der Waals surface area contributed by atoms with Crippen molar-refractivity contribution in [1.82, 2.24) is 4.98 Å². The maximum Gasteiger partial charge on any atom is 0.206 e. The standard InChI is InChI=1S/C24H24N2O4S/c1-28-20-5-3-2-4-18(20)22(27)21-16-19(17-6-10-25-11-7-17)23(31-21)26-12-8-24(9-13-26)29-14-15-30-24/h2-7,10-11,16H,8-9,12-15H2,1H3. The lowest BCUT2D eigenvalue weighted by Crippen LogP contribution is -2.45. The number of methoxy groups -OCH3 is 1. The molecule has 1 spiro atoms. The zero-order valence-corrected chi connectivity index (χ0v) is 18.2. The summed E-state index contributed by atoms with van der Waals surface area (Å²) in [5.41, 5.74) is 2.67. The third-order valence-electron chi connectivity index (χ3n) is 5.91. The molecule has 0 saturated carbocycles. The minimum atomic E-state index is -0.430. The Hall–Kier alpha value is -2.74. The summed E-state index contributed by atoms with van der Waals surface area (Å²) in [6.45, 7) is 2.97. The minimum Gasteiger partial charge on any atom is -0.496 e. The molecule has 4 heterocycles. The van der Waals surface area contributed by atoms with Crippen LogP contribution in [0.1, 0.15) is 28.1 Å². The van der Waals surface area contributed by atoms with Crippen molar-refractivity contribution < 1.29 is 19.0 Å². The summed E-state index contributed by atoms with van der Waals surface area (Å²) in [5.74, 6) is 0.129. The van der Waals surface area contributed by atoms with Crippen LogP contribution < -0.4 is 9.64 Å². The molecule has 2 aromatic heterocycles. The predicted octanol–water partition coefficient (Wildman–Crippen LogP) is 4.39. The predicted molar refractivity (Wildman–Crippen MR) is 120 cm³/mol. The molecular formula is C24H24N2O4S. The van der Waals surface area contributed by atoms with Crippen molar-refractivity contribution in [2.75, 3.05) is 38.3 Å². The van der Waals surface area contributed by atoms with E-state index < -0.39 is 5.79 Å². The van der Waals surface area contributed by atoms with E-state index in [2.05, 4.69) is 9.88 Å². The Morgan fingerprint density at radius 2 is 1.81 bits per heavy atom. The molecule has 2 fully saturated rings. The Morgan fingerprint density at radius 1 is 1.10 bits per heavy atom. The number of hydrogen-bond donors (Lipinski definition) is 0. The van der Waals surface area contributed by atoms with Crippen LogP contribution in [0.15, 0.2) is 54.9 Å². The summed E-state index contributed by atoms with van der Waals surface area (Å²) in [6, 6.07) is 13.3. The molecule has 0 atom stereocenters. The number of rotatable bonds is 5. The van der Waals surface area contributed by atoms with Crippen LogP contribution in [0, 0.1) is 0 Å². The summed E-state index contributed by atoms with van der Waals surface area (Å²) in [6.07, 6.45) is 5.20. The summed E-state index contributed by atoms with van der Waals surface area (Å²) < 4.78 is 17.2. The van der Waals surface area contributed by atoms with Crippen LogP contribution in [-0.4, -0.2) is 50.0 Å². The van der Waals surface area contributed by atoms with Gasteiger partial charge in [-0.05, 0) is 35.9 Å². The van der Waals surface area contributed by atoms with Gasteiger partial charge < -0.3 is 19.1 Å². The topological polar surface area (TPSA) is 60.9 Å². The molecule has 31 heavy (non-hydrogen) atoms. The zero-order chi connectivity index (χ0) is 21.3. The summed E-state index contributed by atoms with van der Waals surface area (Å²) in [5, 5.41) is 1.09. The molecule has 2 aliphatic rings. The van der Waals surface area contributed by atoms with Gasteiger partial charge >= 0.3 is 0 Å². The number of thiophene rings is 1. The van der Waals surface area contributed by atoms with Crippen LogP contribution in [0.3, 0.4) is 0 Å². The second-order valence-corrected chi connectivity index (χ2v) is 8.72. The third-order valence-corrected chi connectivity index (χ3v) is 7.10. The lowest BCUT2D eigenvalue weighted by molar-refractivity contribution is -0.169. The molecule has 7 heteroatoms. The van der Waals surface area contributed by atoms with Gasteiger partial charge in [-0.15, -0.1) is 11.3 Å². The van der Waals surface area contributed by atoms with Crippen molar-refractivity contribution in [3.63, 3.8) is 0 Å². The second-order valence-electron chi connectivity index (χ2n) is 7.69. The number of nitrogens with zero attached hydrogens (tertiary/aromatic N) is 2. The van der Waals surface area contributed by atoms with Crippen molar-refractivity contribution in [2.45, 2.75) is 18.6 Å². The smallest absolute Gasteiger partial charge is 0.206 e. The van der Waals surface area contributed by atoms with Crippen LogP contribution in [0.5, 0.6) is 5.75 Å². The number of hydrogen-bond acceptors (Lipinski definition) is 7. The van der Waals surface area contributed by atoms with E-state index in [-0.39, 0.29) is 5.78 Å². The molecule has 2 saturated heterocycles. The van der Waals surface area contributed by atoms with Crippen LogP contribution in [0.2, 0.25) is 0 Å². The second kappa shape index (κ2) is 8.42. The molecule has 0 unspecified atom stereocenters. The SMILES string of the molecule is COc1ccccc1C(=O)c1cc(-c2ccncc2)c(N2CCC3(CC2)OCCO3)s1. The summed E-state index contributed by atoms with van der Waals surface area (Å²) >= 11 is 1.53. The lowest BCUT2D eigenvalue weighted by atomic mass is 10.0. The molecule has 0 radical (unpaired) electrons. The first kappa shape index (κ1) is 20.2. The highest BCUT2D eigenvalue weighted by Gasteiger charge is 2.40. The van der Waals surface area contributed by atoms with Gasteiger partial charge in [0.05, 0.1) is 35.8 Å². The number of para-hydroxylation sites is 1. The number of pyridine rings is 1. The van der Waals surface area contributed by atoms with E-state index in [1.165, 1.54) is 11.3 Å². The Bertz CT molecular complexity index is 1070. The molecule has 0 N–H and O–H groups in total. The van der Waals surface area contributed by atoms with Crippen molar-refractivity contribution in [3.8, 4) is 16.9 Å². The molecule has 0 aliphatic carbocycles. The molecule has 6 nitrogen and oxygen atoms in total. The highest BCUT2D eigenvalue weighted by Crippen LogP contribution is 2.43. The molecule has 0 bridgehead atoms. The maximum atomic E-state index is 13.4. The van der Waals surface area contributed by atoms with Gasteiger partial charge in [0, 0.05) is 43.9 Å². The van der Waals surface area contributed by atoms with Gasteiger partial charge in [-0.3, -0.25) is 9.78 Å². The summed E-state index contributed by atoms with van der Waals surface area (Å²) in [4.78, 5) is 20.6. The molecule has 2 aliphatic heterocycles. The first-order valence-electron chi connectivity index (χ1n) is 10.4. The fraction of sp³-hybridized carbons (Fsp3) is 0.333. The number of piperidine rings is 1. The van der Waals surface area contributed by atoms with Crippen LogP contribution in [0.25, 0.3) is 11.1 Å². The highest BCUT2D eigenvalue weighted by atomic mass is 32.1. The number of ketones is 1. The Labute approximate surface area is 185 Å². The van der Waals surface area contributed by atoms with Gasteiger partial charge in [0.15, 0.2) is 5.79 Å². The number of carbonyl (C=O) groups is 1. The fourth-order valence-electron chi connectivity index (χ4n) is 4.27. The van der Waals surface area contributed by atoms with Crippen molar-refractivity contribution in [3.05, 3.63) is 65.3 Å². The minimum absolute atomic E-state index is 0.0278. The number of ether oxygens (including phenoxy) is 3. The fourth-order valence-corrected chi connectivity index (χ4v) is 5.45. The Balaban J connectivity index is 1.50. The van der Waals surface area contributed by atoms with Gasteiger partial charge in [0.1, 0.15) is 5.75 Å². The van der Waals surface area contributed by atoms with E-state index in [9.17, 15) is 4.79 Å². The highest BCUT2D eigenvalue weighted by molar-refractivity contribution is 7.18. The maximum absolute atomic E-state index is 13.4. The van der Waals surface area contributed by atoms with Crippen LogP contribution in [-0.2, 0) is 9.47 Å². The van der Waals surface area contributed by atoms with Gasteiger partial charge in [-0.1, -0.05) is 12.1 Å². The van der Waals surface area contributed by atoms with Crippen LogP contribution in [0.4, 0.5) is 5.00 Å². The number of carbonyl (C=O) groups excluding carboxylic acids is 1. The number of benzene rings is 1. The molecule has 160 valence electrons. The van der Waals surface area contributed by atoms with E-state index in [1.807, 2.05) is 42.5 Å². The number of aromatic nitrogens is 1. The molecular weight excluding hydrogens is 412 g/mol. The normalized spacial score (nSPS) is 17.8. The van der Waals surface area contributed by atoms with E-state index in [4.69, 9.17) is 14.2 Å². The molecule has 3 aromatic rings.